The molecule has 2 rings (SSSR count). The number of hydrogen-bond acceptors (Lipinski definition) is 3. The minimum atomic E-state index is 0.125. The number of aliphatic hydroxyl groups excluding tert-OH is 1. The lowest BCUT2D eigenvalue weighted by Crippen LogP contribution is -2.40. The largest absolute Gasteiger partial charge is 0.396 e. The molecule has 18 heavy (non-hydrogen) atoms. The van der Waals surface area contributed by atoms with Gasteiger partial charge in [0, 0.05) is 12.6 Å². The van der Waals surface area contributed by atoms with Gasteiger partial charge in [0.15, 0.2) is 0 Å². The van der Waals surface area contributed by atoms with E-state index in [9.17, 15) is 9.90 Å². The van der Waals surface area contributed by atoms with Crippen LogP contribution in [0.5, 0.6) is 0 Å². The fraction of sp³-hybridized carbons (Fsp3) is 0.929. The zero-order valence-corrected chi connectivity index (χ0v) is 11.2. The molecule has 0 radical (unpaired) electrons. The minimum absolute atomic E-state index is 0.125. The van der Waals surface area contributed by atoms with Crippen molar-refractivity contribution in [3.05, 3.63) is 0 Å². The summed E-state index contributed by atoms with van der Waals surface area (Å²) in [6.45, 7) is 1.58. The maximum absolute atomic E-state index is 11.7. The van der Waals surface area contributed by atoms with Gasteiger partial charge in [-0.25, -0.2) is 0 Å². The van der Waals surface area contributed by atoms with Gasteiger partial charge >= 0.3 is 0 Å². The molecule has 0 aromatic carbocycles. The van der Waals surface area contributed by atoms with E-state index in [1.165, 1.54) is 25.7 Å². The first-order chi connectivity index (χ1) is 8.79. The smallest absolute Gasteiger partial charge is 0.234 e. The normalized spacial score (nSPS) is 28.7. The molecule has 0 aromatic rings. The fourth-order valence-electron chi connectivity index (χ4n) is 3.34. The number of carbonyl (C=O) groups excluding carboxylic acids is 1. The van der Waals surface area contributed by atoms with E-state index in [2.05, 4.69) is 10.6 Å². The van der Waals surface area contributed by atoms with Crippen LogP contribution >= 0.6 is 0 Å². The second-order valence-electron chi connectivity index (χ2n) is 5.81. The molecular weight excluding hydrogens is 228 g/mol. The van der Waals surface area contributed by atoms with E-state index in [0.29, 0.717) is 31.0 Å². The quantitative estimate of drug-likeness (QED) is 0.664. The average Bonchev–Trinajstić information content (AvgIpc) is 3.00. The maximum Gasteiger partial charge on any atom is 0.234 e. The first-order valence-electron chi connectivity index (χ1n) is 7.40. The van der Waals surface area contributed by atoms with E-state index in [4.69, 9.17) is 0 Å². The molecule has 3 N–H and O–H groups in total. The second kappa shape index (κ2) is 7.10. The number of nitrogens with one attached hydrogen (secondary N) is 2. The predicted octanol–water partition coefficient (Wildman–Crippen LogP) is 1.04. The van der Waals surface area contributed by atoms with Gasteiger partial charge in [0.05, 0.1) is 6.54 Å². The third-order valence-corrected chi connectivity index (χ3v) is 4.46. The van der Waals surface area contributed by atoms with E-state index >= 15 is 0 Å². The molecule has 2 aliphatic carbocycles. The zero-order valence-electron chi connectivity index (χ0n) is 11.2. The Morgan fingerprint density at radius 3 is 2.50 bits per heavy atom. The van der Waals surface area contributed by atoms with Gasteiger partial charge in [-0.15, -0.1) is 0 Å². The van der Waals surface area contributed by atoms with Crippen LogP contribution in [0.2, 0.25) is 0 Å². The Balaban J connectivity index is 1.58. The van der Waals surface area contributed by atoms with Crippen LogP contribution < -0.4 is 10.6 Å². The van der Waals surface area contributed by atoms with Crippen molar-refractivity contribution in [2.24, 2.45) is 11.8 Å². The Morgan fingerprint density at radius 2 is 1.78 bits per heavy atom. The Labute approximate surface area is 110 Å². The first-order valence-corrected chi connectivity index (χ1v) is 7.40. The standard InChI is InChI=1S/C14H26N2O2/c17-10-12-5-3-4-11(12)8-15-9-14(18)16-13-6-1-2-7-13/h11-13,15,17H,1-10H2,(H,16,18). The molecule has 0 spiro atoms. The molecular formula is C14H26N2O2. The monoisotopic (exact) mass is 254 g/mol. The summed E-state index contributed by atoms with van der Waals surface area (Å²) in [5.74, 6) is 1.12. The summed E-state index contributed by atoms with van der Waals surface area (Å²) in [7, 11) is 0. The van der Waals surface area contributed by atoms with Crippen LogP contribution in [0.25, 0.3) is 0 Å². The van der Waals surface area contributed by atoms with E-state index in [-0.39, 0.29) is 5.91 Å². The van der Waals surface area contributed by atoms with E-state index in [1.54, 1.807) is 0 Å². The van der Waals surface area contributed by atoms with Crippen molar-refractivity contribution in [3.63, 3.8) is 0 Å². The Hall–Kier alpha value is -0.610. The summed E-state index contributed by atoms with van der Waals surface area (Å²) in [5, 5.41) is 15.5. The molecule has 1 amide bonds. The first kappa shape index (κ1) is 13.8. The summed E-state index contributed by atoms with van der Waals surface area (Å²) in [6, 6.07) is 0.413. The molecule has 2 aliphatic rings. The van der Waals surface area contributed by atoms with Gasteiger partial charge in [0.2, 0.25) is 5.91 Å². The Kier molecular flexibility index (Phi) is 5.45. The lowest BCUT2D eigenvalue weighted by atomic mass is 9.97. The van der Waals surface area contributed by atoms with Crippen molar-refractivity contribution in [3.8, 4) is 0 Å². The lowest BCUT2D eigenvalue weighted by Gasteiger charge is -2.18. The second-order valence-corrected chi connectivity index (χ2v) is 5.81. The van der Waals surface area contributed by atoms with Gasteiger partial charge in [0.25, 0.3) is 0 Å². The Bertz CT molecular complexity index is 265. The maximum atomic E-state index is 11.7. The topological polar surface area (TPSA) is 61.4 Å². The lowest BCUT2D eigenvalue weighted by molar-refractivity contribution is -0.120. The molecule has 2 atom stereocenters. The summed E-state index contributed by atoms with van der Waals surface area (Å²) >= 11 is 0. The van der Waals surface area contributed by atoms with Crippen LogP contribution in [0.15, 0.2) is 0 Å². The number of carbonyl (C=O) groups is 1. The summed E-state index contributed by atoms with van der Waals surface area (Å²) < 4.78 is 0. The molecule has 2 saturated carbocycles. The predicted molar refractivity (Wildman–Crippen MR) is 71.2 cm³/mol. The van der Waals surface area contributed by atoms with Crippen LogP contribution in [-0.4, -0.2) is 36.8 Å². The van der Waals surface area contributed by atoms with Crippen molar-refractivity contribution >= 4 is 5.91 Å². The van der Waals surface area contributed by atoms with Gasteiger partial charge in [-0.1, -0.05) is 19.3 Å². The summed E-state index contributed by atoms with van der Waals surface area (Å²) in [5.41, 5.74) is 0. The number of aliphatic hydroxyl groups is 1. The molecule has 4 nitrogen and oxygen atoms in total. The third-order valence-electron chi connectivity index (χ3n) is 4.46. The highest BCUT2D eigenvalue weighted by molar-refractivity contribution is 5.78. The van der Waals surface area contributed by atoms with Crippen LogP contribution in [0.1, 0.15) is 44.9 Å². The highest BCUT2D eigenvalue weighted by atomic mass is 16.3. The van der Waals surface area contributed by atoms with Gasteiger partial charge in [-0.05, 0) is 44.1 Å². The third kappa shape index (κ3) is 3.95. The van der Waals surface area contributed by atoms with Crippen molar-refractivity contribution in [1.82, 2.24) is 10.6 Å². The highest BCUT2D eigenvalue weighted by Crippen LogP contribution is 2.30. The number of rotatable bonds is 6. The molecule has 0 aromatic heterocycles. The molecule has 0 saturated heterocycles. The molecule has 104 valence electrons. The summed E-state index contributed by atoms with van der Waals surface area (Å²) in [4.78, 5) is 11.7. The van der Waals surface area contributed by atoms with Crippen LogP contribution in [0, 0.1) is 11.8 Å². The Morgan fingerprint density at radius 1 is 1.06 bits per heavy atom. The number of hydrogen-bond donors (Lipinski definition) is 3. The SMILES string of the molecule is O=C(CNCC1CCCC1CO)NC1CCCC1. The van der Waals surface area contributed by atoms with E-state index in [1.807, 2.05) is 0 Å². The minimum Gasteiger partial charge on any atom is -0.396 e. The fourth-order valence-corrected chi connectivity index (χ4v) is 3.34. The van der Waals surface area contributed by atoms with Gasteiger partial charge in [-0.2, -0.15) is 0 Å². The van der Waals surface area contributed by atoms with Crippen molar-refractivity contribution in [2.45, 2.75) is 51.0 Å². The van der Waals surface area contributed by atoms with Gasteiger partial charge in [-0.3, -0.25) is 4.79 Å². The van der Waals surface area contributed by atoms with Crippen LogP contribution in [0.4, 0.5) is 0 Å². The molecule has 0 heterocycles. The molecule has 0 bridgehead atoms. The molecule has 2 fully saturated rings. The van der Waals surface area contributed by atoms with Crippen molar-refractivity contribution < 1.29 is 9.90 Å². The van der Waals surface area contributed by atoms with Gasteiger partial charge in [0.1, 0.15) is 0 Å². The van der Waals surface area contributed by atoms with Gasteiger partial charge < -0.3 is 15.7 Å². The van der Waals surface area contributed by atoms with E-state index in [0.717, 1.165) is 25.8 Å². The molecule has 0 aliphatic heterocycles. The van der Waals surface area contributed by atoms with Crippen LogP contribution in [0.3, 0.4) is 0 Å². The highest BCUT2D eigenvalue weighted by Gasteiger charge is 2.26. The molecule has 2 unspecified atom stereocenters. The van der Waals surface area contributed by atoms with Crippen LogP contribution in [-0.2, 0) is 4.79 Å². The molecule has 4 heteroatoms. The zero-order chi connectivity index (χ0) is 12.8. The van der Waals surface area contributed by atoms with Crippen molar-refractivity contribution in [1.29, 1.82) is 0 Å². The van der Waals surface area contributed by atoms with E-state index < -0.39 is 0 Å². The number of amides is 1. The average molecular weight is 254 g/mol. The summed E-state index contributed by atoms with van der Waals surface area (Å²) in [6.07, 6.45) is 8.31. The van der Waals surface area contributed by atoms with Crippen molar-refractivity contribution in [2.75, 3.05) is 19.7 Å².